The molecule has 0 spiro atoms. The van der Waals surface area contributed by atoms with Crippen molar-refractivity contribution in [3.63, 3.8) is 0 Å². The molecule has 2 amide bonds. The largest absolute Gasteiger partial charge is 0.376 e. The minimum absolute atomic E-state index is 0.132. The van der Waals surface area contributed by atoms with Crippen molar-refractivity contribution < 1.29 is 14.3 Å². The van der Waals surface area contributed by atoms with Crippen molar-refractivity contribution >= 4 is 23.2 Å². The second-order valence-electron chi connectivity index (χ2n) is 6.94. The lowest BCUT2D eigenvalue weighted by molar-refractivity contribution is -0.132. The van der Waals surface area contributed by atoms with Gasteiger partial charge in [-0.05, 0) is 12.3 Å². The molecule has 23 heavy (non-hydrogen) atoms. The van der Waals surface area contributed by atoms with E-state index in [-0.39, 0.29) is 23.8 Å². The number of likely N-dealkylation sites (tertiary alicyclic amines) is 1. The molecule has 1 aliphatic carbocycles. The highest BCUT2D eigenvalue weighted by atomic mass is 32.1. The Morgan fingerprint density at radius 1 is 1.48 bits per heavy atom. The molecule has 7 heteroatoms. The molecule has 3 heterocycles. The van der Waals surface area contributed by atoms with Crippen molar-refractivity contribution in [2.75, 3.05) is 26.2 Å². The van der Waals surface area contributed by atoms with E-state index in [9.17, 15) is 9.59 Å². The van der Waals surface area contributed by atoms with Crippen molar-refractivity contribution in [1.29, 1.82) is 0 Å². The van der Waals surface area contributed by atoms with Crippen LogP contribution >= 0.6 is 11.3 Å². The fourth-order valence-corrected chi connectivity index (χ4v) is 4.26. The normalized spacial score (nSPS) is 35.2. The highest BCUT2D eigenvalue weighted by molar-refractivity contribution is 7.07. The number of amides is 2. The quantitative estimate of drug-likeness (QED) is 0.891. The minimum Gasteiger partial charge on any atom is -0.376 e. The van der Waals surface area contributed by atoms with Gasteiger partial charge in [0.15, 0.2) is 0 Å². The minimum atomic E-state index is -0.132. The molecule has 0 aromatic carbocycles. The second-order valence-corrected chi connectivity index (χ2v) is 7.66. The summed E-state index contributed by atoms with van der Waals surface area (Å²) in [4.78, 5) is 30.3. The molecule has 124 valence electrons. The van der Waals surface area contributed by atoms with E-state index in [1.807, 2.05) is 4.90 Å². The van der Waals surface area contributed by atoms with E-state index in [0.29, 0.717) is 43.1 Å². The molecule has 6 nitrogen and oxygen atoms in total. The summed E-state index contributed by atoms with van der Waals surface area (Å²) in [6, 6.07) is 0. The Balaban J connectivity index is 1.31. The molecule has 1 aromatic rings. The zero-order chi connectivity index (χ0) is 16.0. The monoisotopic (exact) mass is 335 g/mol. The maximum atomic E-state index is 12.4. The molecule has 2 aliphatic heterocycles. The summed E-state index contributed by atoms with van der Waals surface area (Å²) < 4.78 is 5.86. The average Bonchev–Trinajstić information content (AvgIpc) is 2.99. The van der Waals surface area contributed by atoms with Gasteiger partial charge in [-0.2, -0.15) is 0 Å². The zero-order valence-electron chi connectivity index (χ0n) is 13.1. The van der Waals surface area contributed by atoms with Gasteiger partial charge >= 0.3 is 0 Å². The van der Waals surface area contributed by atoms with Gasteiger partial charge in [-0.1, -0.05) is 6.92 Å². The third-order valence-electron chi connectivity index (χ3n) is 5.37. The van der Waals surface area contributed by atoms with E-state index in [1.54, 1.807) is 10.9 Å². The van der Waals surface area contributed by atoms with E-state index in [1.165, 1.54) is 11.3 Å². The van der Waals surface area contributed by atoms with Crippen LogP contribution in [0, 0.1) is 23.7 Å². The molecule has 2 saturated heterocycles. The maximum Gasteiger partial charge on any atom is 0.270 e. The van der Waals surface area contributed by atoms with Gasteiger partial charge in [0.05, 0.1) is 18.2 Å². The number of carbonyl (C=O) groups excluding carboxylic acids is 2. The number of hydrogen-bond acceptors (Lipinski definition) is 5. The lowest BCUT2D eigenvalue weighted by Gasteiger charge is -2.20. The SMILES string of the molecule is C[C@H]1C[C@H]1C(=O)N1C[C@@H]2[C@H](CNC(=O)c3cscn3)CO[C@@H]2C1. The third kappa shape index (κ3) is 2.87. The second kappa shape index (κ2) is 5.87. The lowest BCUT2D eigenvalue weighted by Crippen LogP contribution is -2.36. The Morgan fingerprint density at radius 2 is 2.30 bits per heavy atom. The summed E-state index contributed by atoms with van der Waals surface area (Å²) in [6.45, 7) is 4.86. The number of nitrogens with one attached hydrogen (secondary N) is 1. The molecular weight excluding hydrogens is 314 g/mol. The van der Waals surface area contributed by atoms with Crippen LogP contribution in [0.15, 0.2) is 10.9 Å². The van der Waals surface area contributed by atoms with Crippen LogP contribution in [0.25, 0.3) is 0 Å². The highest BCUT2D eigenvalue weighted by Gasteiger charge is 2.49. The van der Waals surface area contributed by atoms with E-state index < -0.39 is 0 Å². The summed E-state index contributed by atoms with van der Waals surface area (Å²) in [6.07, 6.45) is 1.16. The summed E-state index contributed by atoms with van der Waals surface area (Å²) >= 11 is 1.41. The van der Waals surface area contributed by atoms with Crippen LogP contribution in [-0.4, -0.2) is 54.0 Å². The molecule has 1 N–H and O–H groups in total. The van der Waals surface area contributed by atoms with E-state index in [4.69, 9.17) is 4.74 Å². The summed E-state index contributed by atoms with van der Waals surface area (Å²) in [5.41, 5.74) is 2.12. The number of fused-ring (bicyclic) bond motifs is 1. The van der Waals surface area contributed by atoms with Crippen LogP contribution in [0.1, 0.15) is 23.8 Å². The molecule has 0 radical (unpaired) electrons. The first-order valence-electron chi connectivity index (χ1n) is 8.20. The van der Waals surface area contributed by atoms with Crippen LogP contribution in [0.3, 0.4) is 0 Å². The van der Waals surface area contributed by atoms with Crippen molar-refractivity contribution in [1.82, 2.24) is 15.2 Å². The number of hydrogen-bond donors (Lipinski definition) is 1. The summed E-state index contributed by atoms with van der Waals surface area (Å²) in [5.74, 6) is 1.54. The number of ether oxygens (including phenoxy) is 1. The zero-order valence-corrected chi connectivity index (χ0v) is 13.9. The Labute approximate surface area is 139 Å². The molecule has 3 aliphatic rings. The Hall–Kier alpha value is -1.47. The van der Waals surface area contributed by atoms with Gasteiger partial charge in [0.1, 0.15) is 5.69 Å². The van der Waals surface area contributed by atoms with Crippen LogP contribution in [0.4, 0.5) is 0 Å². The molecule has 4 rings (SSSR count). The van der Waals surface area contributed by atoms with Crippen molar-refractivity contribution in [2.24, 2.45) is 23.7 Å². The first-order valence-corrected chi connectivity index (χ1v) is 9.14. The Bertz CT molecular complexity index is 606. The fraction of sp³-hybridized carbons (Fsp3) is 0.688. The van der Waals surface area contributed by atoms with E-state index in [0.717, 1.165) is 13.0 Å². The molecule has 0 unspecified atom stereocenters. The van der Waals surface area contributed by atoms with Gasteiger partial charge in [0, 0.05) is 42.8 Å². The Morgan fingerprint density at radius 3 is 3.00 bits per heavy atom. The molecule has 1 saturated carbocycles. The maximum absolute atomic E-state index is 12.4. The number of thiazole rings is 1. The van der Waals surface area contributed by atoms with Crippen molar-refractivity contribution in [3.05, 3.63) is 16.6 Å². The predicted molar refractivity (Wildman–Crippen MR) is 85.0 cm³/mol. The Kier molecular flexibility index (Phi) is 3.85. The number of aromatic nitrogens is 1. The van der Waals surface area contributed by atoms with Gasteiger partial charge in [-0.25, -0.2) is 4.98 Å². The predicted octanol–water partition coefficient (Wildman–Crippen LogP) is 1.00. The van der Waals surface area contributed by atoms with Crippen LogP contribution < -0.4 is 5.32 Å². The summed E-state index contributed by atoms with van der Waals surface area (Å²) in [5, 5.41) is 4.69. The van der Waals surface area contributed by atoms with Crippen LogP contribution in [0.5, 0.6) is 0 Å². The molecule has 1 aromatic heterocycles. The van der Waals surface area contributed by atoms with Gasteiger partial charge in [0.2, 0.25) is 5.91 Å². The number of carbonyl (C=O) groups is 2. The highest BCUT2D eigenvalue weighted by Crippen LogP contribution is 2.41. The first kappa shape index (κ1) is 15.1. The van der Waals surface area contributed by atoms with E-state index in [2.05, 4.69) is 17.2 Å². The molecule has 5 atom stereocenters. The average molecular weight is 335 g/mol. The van der Waals surface area contributed by atoms with Crippen molar-refractivity contribution in [3.8, 4) is 0 Å². The number of nitrogens with zero attached hydrogens (tertiary/aromatic N) is 2. The standard InChI is InChI=1S/C16H21N3O3S/c1-9-2-11(9)16(21)19-4-12-10(6-22-14(12)5-19)3-17-15(20)13-7-23-8-18-13/h7-12,14H,2-6H2,1H3,(H,17,20)/t9-,10+,11+,12+,14+/m0/s1. The van der Waals surface area contributed by atoms with Crippen LogP contribution in [0.2, 0.25) is 0 Å². The van der Waals surface area contributed by atoms with Gasteiger partial charge in [-0.15, -0.1) is 11.3 Å². The smallest absolute Gasteiger partial charge is 0.270 e. The fourth-order valence-electron chi connectivity index (χ4n) is 3.73. The topological polar surface area (TPSA) is 71.5 Å². The molecule has 0 bridgehead atoms. The van der Waals surface area contributed by atoms with Crippen LogP contribution in [-0.2, 0) is 9.53 Å². The van der Waals surface area contributed by atoms with Crippen molar-refractivity contribution in [2.45, 2.75) is 19.4 Å². The molecular formula is C16H21N3O3S. The van der Waals surface area contributed by atoms with Gasteiger partial charge in [-0.3, -0.25) is 9.59 Å². The lowest BCUT2D eigenvalue weighted by atomic mass is 9.93. The number of rotatable bonds is 4. The third-order valence-corrected chi connectivity index (χ3v) is 5.95. The van der Waals surface area contributed by atoms with E-state index >= 15 is 0 Å². The molecule has 3 fully saturated rings. The van der Waals surface area contributed by atoms with Gasteiger partial charge < -0.3 is 15.0 Å². The summed E-state index contributed by atoms with van der Waals surface area (Å²) in [7, 11) is 0. The van der Waals surface area contributed by atoms with Gasteiger partial charge in [0.25, 0.3) is 5.91 Å². The first-order chi connectivity index (χ1) is 11.1.